The van der Waals surface area contributed by atoms with Crippen LogP contribution in [0.3, 0.4) is 0 Å². The van der Waals surface area contributed by atoms with E-state index in [4.69, 9.17) is 0 Å². The van der Waals surface area contributed by atoms with Crippen molar-refractivity contribution >= 4 is 55.0 Å². The average molecular weight is 729 g/mol. The monoisotopic (exact) mass is 728 g/mol. The minimum Gasteiger partial charge on any atom is -0.380 e. The second-order valence-electron chi connectivity index (χ2n) is 11.9. The van der Waals surface area contributed by atoms with E-state index in [0.29, 0.717) is 16.7 Å². The Bertz CT molecular complexity index is 2430. The summed E-state index contributed by atoms with van der Waals surface area (Å²) in [5.74, 6) is -3.01. The number of para-hydroxylation sites is 1. The van der Waals surface area contributed by atoms with Gasteiger partial charge in [-0.3, -0.25) is 9.29 Å². The lowest BCUT2D eigenvalue weighted by molar-refractivity contribution is -0.266. The first-order valence-electron chi connectivity index (χ1n) is 15.3. The van der Waals surface area contributed by atoms with E-state index < -0.39 is 68.4 Å². The van der Waals surface area contributed by atoms with Gasteiger partial charge in [0.15, 0.2) is 17.2 Å². The van der Waals surface area contributed by atoms with Crippen molar-refractivity contribution in [3.05, 3.63) is 96.3 Å². The van der Waals surface area contributed by atoms with E-state index in [2.05, 4.69) is 25.3 Å². The van der Waals surface area contributed by atoms with Gasteiger partial charge in [-0.25, -0.2) is 41.5 Å². The number of alkyl halides is 3. The Morgan fingerprint density at radius 3 is 2.37 bits per heavy atom. The van der Waals surface area contributed by atoms with Crippen molar-refractivity contribution in [2.24, 2.45) is 0 Å². The molecule has 1 aliphatic rings. The fourth-order valence-corrected chi connectivity index (χ4v) is 7.28. The second kappa shape index (κ2) is 12.4. The molecule has 0 saturated carbocycles. The van der Waals surface area contributed by atoms with E-state index in [1.54, 1.807) is 39.8 Å². The molecular weight excluding hydrogens is 702 g/mol. The number of nitrogens with zero attached hydrogens (tertiary/aromatic N) is 6. The van der Waals surface area contributed by atoms with Crippen molar-refractivity contribution in [3.8, 4) is 5.82 Å². The van der Waals surface area contributed by atoms with Gasteiger partial charge < -0.3 is 15.3 Å². The number of aliphatic hydroxyl groups is 1. The van der Waals surface area contributed by atoms with Crippen LogP contribution >= 0.6 is 0 Å². The predicted octanol–water partition coefficient (Wildman–Crippen LogP) is 6.53. The number of benzene rings is 3. The van der Waals surface area contributed by atoms with Crippen LogP contribution in [0.5, 0.6) is 0 Å². The molecule has 3 N–H and O–H groups in total. The Balaban J connectivity index is 1.21. The standard InChI is InChI=1S/C33H26F6N8O3S/c1-18-19(34)4-2-7-25(18)51(49,50)45-21-9-8-20(35)28(27(21)36)44-31-29-22(40-16-41-31)10-11-26(43-29)47-17-42-30-23(5-3-6-24(30)47)46-14-12-32(48,13-15-46)33(37,38)39/h2-11,16-17,45,48H,12-15H2,1H3,(H,40,41,44). The largest absolute Gasteiger partial charge is 0.417 e. The highest BCUT2D eigenvalue weighted by Crippen LogP contribution is 2.40. The van der Waals surface area contributed by atoms with Gasteiger partial charge in [-0.05, 0) is 55.5 Å². The molecule has 4 heterocycles. The number of rotatable bonds is 7. The summed E-state index contributed by atoms with van der Waals surface area (Å²) in [4.78, 5) is 18.7. The Morgan fingerprint density at radius 2 is 1.63 bits per heavy atom. The number of sulfonamides is 1. The number of fused-ring (bicyclic) bond motifs is 2. The van der Waals surface area contributed by atoms with E-state index in [0.717, 1.165) is 30.6 Å². The molecule has 0 unspecified atom stereocenters. The van der Waals surface area contributed by atoms with Crippen LogP contribution in [0, 0.1) is 24.4 Å². The summed E-state index contributed by atoms with van der Waals surface area (Å²) >= 11 is 0. The Labute approximate surface area is 285 Å². The van der Waals surface area contributed by atoms with Crippen LogP contribution in [0.4, 0.5) is 49.2 Å². The minimum atomic E-state index is -4.74. The van der Waals surface area contributed by atoms with Gasteiger partial charge in [0.25, 0.3) is 10.0 Å². The first kappa shape index (κ1) is 34.0. The number of nitrogens with one attached hydrogen (secondary N) is 2. The minimum absolute atomic E-state index is 0.0528. The molecule has 0 amide bonds. The number of hydrogen-bond donors (Lipinski definition) is 3. The Morgan fingerprint density at radius 1 is 0.882 bits per heavy atom. The molecule has 51 heavy (non-hydrogen) atoms. The fourth-order valence-electron chi connectivity index (χ4n) is 5.96. The number of aromatic nitrogens is 5. The number of halogens is 6. The molecule has 0 atom stereocenters. The van der Waals surface area contributed by atoms with E-state index in [9.17, 15) is 31.1 Å². The smallest absolute Gasteiger partial charge is 0.380 e. The molecule has 1 aliphatic heterocycles. The van der Waals surface area contributed by atoms with E-state index >= 15 is 8.78 Å². The van der Waals surface area contributed by atoms with Gasteiger partial charge in [0, 0.05) is 31.5 Å². The molecule has 6 aromatic rings. The first-order valence-corrected chi connectivity index (χ1v) is 16.8. The van der Waals surface area contributed by atoms with Gasteiger partial charge in [0.1, 0.15) is 46.8 Å². The lowest BCUT2D eigenvalue weighted by Crippen LogP contribution is -2.53. The molecule has 7 rings (SSSR count). The van der Waals surface area contributed by atoms with Gasteiger partial charge in [-0.1, -0.05) is 12.1 Å². The van der Waals surface area contributed by atoms with Crippen LogP contribution in [-0.2, 0) is 10.0 Å². The van der Waals surface area contributed by atoms with Gasteiger partial charge in [-0.2, -0.15) is 13.2 Å². The lowest BCUT2D eigenvalue weighted by Gasteiger charge is -2.40. The third-order valence-electron chi connectivity index (χ3n) is 8.81. The summed E-state index contributed by atoms with van der Waals surface area (Å²) in [5, 5.41) is 12.7. The normalized spacial score (nSPS) is 15.0. The molecule has 11 nitrogen and oxygen atoms in total. The second-order valence-corrected chi connectivity index (χ2v) is 13.6. The number of pyridine rings is 1. The molecule has 0 bridgehead atoms. The molecule has 264 valence electrons. The van der Waals surface area contributed by atoms with Crippen LogP contribution in [0.15, 0.2) is 78.2 Å². The summed E-state index contributed by atoms with van der Waals surface area (Å²) in [6.45, 7) is 1.15. The molecule has 1 fully saturated rings. The summed E-state index contributed by atoms with van der Waals surface area (Å²) < 4.78 is 115. The maximum absolute atomic E-state index is 15.8. The van der Waals surface area contributed by atoms with Crippen LogP contribution in [0.25, 0.3) is 27.9 Å². The van der Waals surface area contributed by atoms with Gasteiger partial charge >= 0.3 is 6.18 Å². The predicted molar refractivity (Wildman–Crippen MR) is 176 cm³/mol. The van der Waals surface area contributed by atoms with Crippen LogP contribution in [0.1, 0.15) is 18.4 Å². The molecule has 3 aromatic carbocycles. The number of imidazole rings is 1. The number of hydrogen-bond acceptors (Lipinski definition) is 9. The van der Waals surface area contributed by atoms with Crippen LogP contribution < -0.4 is 14.9 Å². The molecule has 1 saturated heterocycles. The molecule has 0 aliphatic carbocycles. The third kappa shape index (κ3) is 6.03. The van der Waals surface area contributed by atoms with Gasteiger partial charge in [0.05, 0.1) is 27.3 Å². The highest BCUT2D eigenvalue weighted by Gasteiger charge is 2.54. The topological polar surface area (TPSA) is 138 Å². The van der Waals surface area contributed by atoms with E-state index in [1.807, 2.05) is 4.72 Å². The molecule has 18 heteroatoms. The zero-order valence-electron chi connectivity index (χ0n) is 26.4. The first-order chi connectivity index (χ1) is 24.2. The SMILES string of the molecule is Cc1c(F)cccc1S(=O)(=O)Nc1ccc(F)c(Nc2ncnc3ccc(-n4cnc5c(N6CCC(O)(C(F)(F)F)CC6)cccc54)nc23)c1F. The van der Waals surface area contributed by atoms with Crippen molar-refractivity contribution in [2.75, 3.05) is 28.0 Å². The van der Waals surface area contributed by atoms with Crippen molar-refractivity contribution in [1.29, 1.82) is 0 Å². The molecular formula is C33H26F6N8O3S. The lowest BCUT2D eigenvalue weighted by atomic mass is 9.90. The van der Waals surface area contributed by atoms with Crippen molar-refractivity contribution in [3.63, 3.8) is 0 Å². The maximum atomic E-state index is 15.8. The van der Waals surface area contributed by atoms with Crippen molar-refractivity contribution in [1.82, 2.24) is 24.5 Å². The van der Waals surface area contributed by atoms with Gasteiger partial charge in [0.2, 0.25) is 0 Å². The summed E-state index contributed by atoms with van der Waals surface area (Å²) in [6, 6.07) is 13.5. The summed E-state index contributed by atoms with van der Waals surface area (Å²) in [5.41, 5.74) is -2.38. The maximum Gasteiger partial charge on any atom is 0.417 e. The van der Waals surface area contributed by atoms with E-state index in [1.165, 1.54) is 19.3 Å². The van der Waals surface area contributed by atoms with Crippen LogP contribution in [-0.4, -0.2) is 62.9 Å². The zero-order valence-corrected chi connectivity index (χ0v) is 27.2. The molecule has 3 aromatic heterocycles. The summed E-state index contributed by atoms with van der Waals surface area (Å²) in [6.07, 6.45) is -3.15. The highest BCUT2D eigenvalue weighted by atomic mass is 32.2. The third-order valence-corrected chi connectivity index (χ3v) is 10.3. The Hall–Kier alpha value is -5.49. The van der Waals surface area contributed by atoms with Gasteiger partial charge in [-0.15, -0.1) is 0 Å². The number of piperidine rings is 1. The van der Waals surface area contributed by atoms with E-state index in [-0.39, 0.29) is 41.3 Å². The molecule has 0 radical (unpaired) electrons. The average Bonchev–Trinajstić information content (AvgIpc) is 3.53. The number of anilines is 4. The fraction of sp³-hybridized carbons (Fsp3) is 0.212. The summed E-state index contributed by atoms with van der Waals surface area (Å²) in [7, 11) is -4.48. The quantitative estimate of drug-likeness (QED) is 0.157. The van der Waals surface area contributed by atoms with Crippen LogP contribution in [0.2, 0.25) is 0 Å². The molecule has 0 spiro atoms. The zero-order chi connectivity index (χ0) is 36.3. The Kier molecular flexibility index (Phi) is 8.25. The van der Waals surface area contributed by atoms with Crippen molar-refractivity contribution < 1.29 is 39.9 Å². The van der Waals surface area contributed by atoms with Crippen molar-refractivity contribution in [2.45, 2.75) is 36.4 Å². The highest BCUT2D eigenvalue weighted by molar-refractivity contribution is 7.92.